The van der Waals surface area contributed by atoms with Crippen LogP contribution in [-0.2, 0) is 10.3 Å². The van der Waals surface area contributed by atoms with E-state index in [1.54, 1.807) is 6.07 Å². The van der Waals surface area contributed by atoms with Crippen LogP contribution in [0.1, 0.15) is 29.5 Å². The number of hydrogen-bond donors (Lipinski definition) is 1. The first kappa shape index (κ1) is 30.2. The lowest BCUT2D eigenvalue weighted by molar-refractivity contribution is -0.121. The second kappa shape index (κ2) is 12.8. The fourth-order valence-corrected chi connectivity index (χ4v) is 7.38. The molecule has 0 radical (unpaired) electrons. The number of carbonyl (C=O) groups is 1. The van der Waals surface area contributed by atoms with Gasteiger partial charge in [-0.15, -0.1) is 0 Å². The van der Waals surface area contributed by atoms with Crippen molar-refractivity contribution < 1.29 is 4.79 Å². The third kappa shape index (κ3) is 5.49. The van der Waals surface area contributed by atoms with Crippen LogP contribution in [-0.4, -0.2) is 40.7 Å². The zero-order valence-electron chi connectivity index (χ0n) is 25.5. The number of fused-ring (bicyclic) bond motifs is 1. The fourth-order valence-electron chi connectivity index (χ4n) is 6.86. The van der Waals surface area contributed by atoms with Crippen molar-refractivity contribution in [3.05, 3.63) is 154 Å². The zero-order chi connectivity index (χ0) is 31.7. The molecule has 7 rings (SSSR count). The largest absolute Gasteiger partial charge is 0.308 e. The van der Waals surface area contributed by atoms with E-state index < -0.39 is 5.54 Å². The van der Waals surface area contributed by atoms with Gasteiger partial charge in [0.05, 0.1) is 11.4 Å². The Hall–Kier alpha value is -4.42. The van der Waals surface area contributed by atoms with Crippen molar-refractivity contribution in [1.29, 1.82) is 0 Å². The average Bonchev–Trinajstić information content (AvgIpc) is 3.44. The maximum absolute atomic E-state index is 13.8. The number of benzene rings is 5. The molecule has 0 bridgehead atoms. The molecule has 1 N–H and O–H groups in total. The van der Waals surface area contributed by atoms with Gasteiger partial charge in [0.1, 0.15) is 5.54 Å². The number of rotatable bonds is 7. The number of nitrogens with one attached hydrogen (secondary N) is 1. The van der Waals surface area contributed by atoms with E-state index in [0.29, 0.717) is 15.9 Å². The van der Waals surface area contributed by atoms with Gasteiger partial charge in [-0.2, -0.15) is 5.10 Å². The summed E-state index contributed by atoms with van der Waals surface area (Å²) < 4.78 is 2.08. The SMILES string of the molecule is CN1CCCC(C(=O)Nc2nn(C(c3ccccc3)(c3ccccc3)c3ccccc3)c3ccc(-c4ccc(Cl)cc4Cl)cc23)C1. The summed E-state index contributed by atoms with van der Waals surface area (Å²) in [5.41, 5.74) is 4.94. The van der Waals surface area contributed by atoms with E-state index in [1.807, 2.05) is 30.3 Å². The number of anilines is 1. The highest BCUT2D eigenvalue weighted by Gasteiger charge is 2.41. The molecule has 46 heavy (non-hydrogen) atoms. The first-order valence-electron chi connectivity index (χ1n) is 15.6. The number of piperidine rings is 1. The molecule has 2 heterocycles. The van der Waals surface area contributed by atoms with Crippen molar-refractivity contribution in [3.63, 3.8) is 0 Å². The Morgan fingerprint density at radius 1 is 0.804 bits per heavy atom. The molecule has 1 aliphatic heterocycles. The Balaban J connectivity index is 1.51. The summed E-state index contributed by atoms with van der Waals surface area (Å²) in [6, 6.07) is 43.0. The predicted molar refractivity (Wildman–Crippen MR) is 189 cm³/mol. The molecule has 5 aromatic carbocycles. The van der Waals surface area contributed by atoms with Crippen LogP contribution in [0.2, 0.25) is 10.0 Å². The lowest BCUT2D eigenvalue weighted by Gasteiger charge is -2.37. The van der Waals surface area contributed by atoms with Crippen LogP contribution in [0.15, 0.2) is 127 Å². The van der Waals surface area contributed by atoms with Crippen LogP contribution < -0.4 is 5.32 Å². The van der Waals surface area contributed by atoms with Crippen molar-refractivity contribution in [1.82, 2.24) is 14.7 Å². The highest BCUT2D eigenvalue weighted by Crippen LogP contribution is 2.44. The van der Waals surface area contributed by atoms with Gasteiger partial charge in [-0.05, 0) is 73.0 Å². The lowest BCUT2D eigenvalue weighted by Crippen LogP contribution is -2.39. The van der Waals surface area contributed by atoms with E-state index in [2.05, 4.69) is 113 Å². The van der Waals surface area contributed by atoms with E-state index in [0.717, 1.165) is 64.7 Å². The Morgan fingerprint density at radius 3 is 1.98 bits per heavy atom. The van der Waals surface area contributed by atoms with Crippen LogP contribution in [0.25, 0.3) is 22.0 Å². The highest BCUT2D eigenvalue weighted by molar-refractivity contribution is 6.36. The minimum absolute atomic E-state index is 0.0160. The van der Waals surface area contributed by atoms with Crippen LogP contribution in [0.4, 0.5) is 5.82 Å². The predicted octanol–water partition coefficient (Wildman–Crippen LogP) is 9.13. The number of amides is 1. The monoisotopic (exact) mass is 644 g/mol. The Labute approximate surface area is 279 Å². The van der Waals surface area contributed by atoms with Gasteiger partial charge >= 0.3 is 0 Å². The molecule has 230 valence electrons. The van der Waals surface area contributed by atoms with Crippen molar-refractivity contribution in [2.75, 3.05) is 25.5 Å². The number of aromatic nitrogens is 2. The normalized spacial score (nSPS) is 15.6. The lowest BCUT2D eigenvalue weighted by atomic mass is 9.77. The molecule has 7 heteroatoms. The van der Waals surface area contributed by atoms with Gasteiger partial charge in [0.25, 0.3) is 0 Å². The maximum atomic E-state index is 13.8. The molecule has 1 unspecified atom stereocenters. The number of nitrogens with zero attached hydrogens (tertiary/aromatic N) is 3. The van der Waals surface area contributed by atoms with Crippen molar-refractivity contribution in [2.45, 2.75) is 18.4 Å². The third-order valence-electron chi connectivity index (χ3n) is 9.05. The number of hydrogen-bond acceptors (Lipinski definition) is 3. The number of halogens is 2. The topological polar surface area (TPSA) is 50.2 Å². The van der Waals surface area contributed by atoms with Gasteiger partial charge < -0.3 is 10.2 Å². The summed E-state index contributed by atoms with van der Waals surface area (Å²) in [5.74, 6) is 0.389. The molecule has 6 aromatic rings. The third-order valence-corrected chi connectivity index (χ3v) is 9.60. The van der Waals surface area contributed by atoms with Crippen molar-refractivity contribution >= 4 is 45.8 Å². The van der Waals surface area contributed by atoms with Gasteiger partial charge in [-0.3, -0.25) is 4.79 Å². The Kier molecular flexibility index (Phi) is 8.39. The molecule has 0 spiro atoms. The molecule has 0 aliphatic carbocycles. The molecule has 1 aromatic heterocycles. The molecular formula is C39H34Cl2N4O. The van der Waals surface area contributed by atoms with Gasteiger partial charge in [0.15, 0.2) is 5.82 Å². The van der Waals surface area contributed by atoms with Crippen LogP contribution in [0, 0.1) is 5.92 Å². The van der Waals surface area contributed by atoms with Gasteiger partial charge in [-0.25, -0.2) is 4.68 Å². The minimum atomic E-state index is -0.852. The summed E-state index contributed by atoms with van der Waals surface area (Å²) in [4.78, 5) is 16.1. The summed E-state index contributed by atoms with van der Waals surface area (Å²) in [7, 11) is 2.07. The smallest absolute Gasteiger partial charge is 0.229 e. The fraction of sp³-hybridized carbons (Fsp3) is 0.179. The molecule has 1 aliphatic rings. The molecule has 1 fully saturated rings. The van der Waals surface area contributed by atoms with Crippen LogP contribution in [0.3, 0.4) is 0 Å². The first-order valence-corrected chi connectivity index (χ1v) is 16.4. The van der Waals surface area contributed by atoms with E-state index in [-0.39, 0.29) is 11.8 Å². The van der Waals surface area contributed by atoms with Gasteiger partial charge in [-0.1, -0.05) is 126 Å². The molecular weight excluding hydrogens is 611 g/mol. The quantitative estimate of drug-likeness (QED) is 0.176. The van der Waals surface area contributed by atoms with E-state index in [9.17, 15) is 4.79 Å². The zero-order valence-corrected chi connectivity index (χ0v) is 27.0. The molecule has 0 saturated carbocycles. The molecule has 5 nitrogen and oxygen atoms in total. The molecule has 1 atom stereocenters. The van der Waals surface area contributed by atoms with E-state index in [1.165, 1.54) is 0 Å². The van der Waals surface area contributed by atoms with Crippen LogP contribution in [0.5, 0.6) is 0 Å². The van der Waals surface area contributed by atoms with Crippen molar-refractivity contribution in [2.24, 2.45) is 5.92 Å². The van der Waals surface area contributed by atoms with E-state index >= 15 is 0 Å². The highest BCUT2D eigenvalue weighted by atomic mass is 35.5. The van der Waals surface area contributed by atoms with E-state index in [4.69, 9.17) is 28.3 Å². The summed E-state index contributed by atoms with van der Waals surface area (Å²) in [5, 5.41) is 10.6. The second-order valence-corrected chi connectivity index (χ2v) is 12.9. The maximum Gasteiger partial charge on any atom is 0.229 e. The first-order chi connectivity index (χ1) is 22.4. The Bertz CT molecular complexity index is 1900. The Morgan fingerprint density at radius 2 is 1.41 bits per heavy atom. The standard InChI is InChI=1S/C39H34Cl2N4O/c1-44-23-11-12-28(26-44)38(46)42-37-34-24-27(33-21-20-32(40)25-35(33)41)19-22-36(34)45(43-37)39(29-13-5-2-6-14-29,30-15-7-3-8-16-30)31-17-9-4-10-18-31/h2-10,13-22,24-25,28H,11-12,23,26H2,1H3,(H,42,43,46). The summed E-state index contributed by atoms with van der Waals surface area (Å²) in [6.07, 6.45) is 1.84. The molecule has 1 saturated heterocycles. The second-order valence-electron chi connectivity index (χ2n) is 12.0. The average molecular weight is 646 g/mol. The van der Waals surface area contributed by atoms with Crippen LogP contribution >= 0.6 is 23.2 Å². The molecule has 1 amide bonds. The minimum Gasteiger partial charge on any atom is -0.308 e. The number of carbonyl (C=O) groups excluding carboxylic acids is 1. The summed E-state index contributed by atoms with van der Waals surface area (Å²) in [6.45, 7) is 1.72. The van der Waals surface area contributed by atoms with Gasteiger partial charge in [0, 0.05) is 27.5 Å². The summed E-state index contributed by atoms with van der Waals surface area (Å²) >= 11 is 12.9. The number of likely N-dealkylation sites (tertiary alicyclic amines) is 1. The van der Waals surface area contributed by atoms with Crippen molar-refractivity contribution in [3.8, 4) is 11.1 Å². The van der Waals surface area contributed by atoms with Gasteiger partial charge in [0.2, 0.25) is 5.91 Å².